The van der Waals surface area contributed by atoms with Gasteiger partial charge in [0, 0.05) is 30.7 Å². The Hall–Kier alpha value is -4.01. The molecule has 0 bridgehead atoms. The van der Waals surface area contributed by atoms with Gasteiger partial charge >= 0.3 is 5.97 Å². The fraction of sp³-hybridized carbons (Fsp3) is 0.261. The van der Waals surface area contributed by atoms with E-state index < -0.39 is 34.4 Å². The quantitative estimate of drug-likeness (QED) is 0.152. The van der Waals surface area contributed by atoms with Gasteiger partial charge in [-0.05, 0) is 30.5 Å². The molecule has 2 aromatic rings. The number of nitro groups is 1. The Morgan fingerprint density at radius 2 is 1.62 bits per heavy atom. The van der Waals surface area contributed by atoms with Crippen molar-refractivity contribution < 1.29 is 29.5 Å². The third-order valence-corrected chi connectivity index (χ3v) is 5.30. The molecule has 0 aliphatic carbocycles. The second-order valence-electron chi connectivity index (χ2n) is 7.41. The molecule has 2 N–H and O–H groups in total. The summed E-state index contributed by atoms with van der Waals surface area (Å²) in [5.41, 5.74) is 0.584. The molecule has 1 atom stereocenters. The van der Waals surface area contributed by atoms with Crippen LogP contribution in [0.15, 0.2) is 60.2 Å². The van der Waals surface area contributed by atoms with Crippen molar-refractivity contribution in [2.75, 3.05) is 6.54 Å². The highest BCUT2D eigenvalue weighted by Crippen LogP contribution is 2.39. The maximum atomic E-state index is 12.9. The van der Waals surface area contributed by atoms with Crippen LogP contribution in [0.25, 0.3) is 5.76 Å². The molecule has 3 rings (SSSR count). The number of Topliss-reactive ketones (excluding diaryl/α,β-unsaturated/α-hetero) is 1. The number of aliphatic hydroxyl groups excluding tert-OH is 1. The van der Waals surface area contributed by atoms with Crippen LogP contribution in [0.4, 0.5) is 5.69 Å². The number of hydrogen-bond donors (Lipinski definition) is 2. The minimum atomic E-state index is -0.891. The Balaban J connectivity index is 1.95. The molecule has 32 heavy (non-hydrogen) atoms. The summed E-state index contributed by atoms with van der Waals surface area (Å²) in [7, 11) is 0. The predicted molar refractivity (Wildman–Crippen MR) is 115 cm³/mol. The number of rotatable bonds is 9. The van der Waals surface area contributed by atoms with Gasteiger partial charge in [-0.25, -0.2) is 0 Å². The van der Waals surface area contributed by atoms with Gasteiger partial charge in [-0.15, -0.1) is 0 Å². The summed E-state index contributed by atoms with van der Waals surface area (Å²) in [5.74, 6) is -2.88. The van der Waals surface area contributed by atoms with Gasteiger partial charge in [-0.2, -0.15) is 0 Å². The normalized spacial score (nSPS) is 17.5. The number of aliphatic carboxylic acids is 1. The van der Waals surface area contributed by atoms with Crippen LogP contribution in [0.1, 0.15) is 42.9 Å². The highest BCUT2D eigenvalue weighted by atomic mass is 16.6. The zero-order valence-electron chi connectivity index (χ0n) is 17.1. The fourth-order valence-electron chi connectivity index (χ4n) is 3.72. The van der Waals surface area contributed by atoms with E-state index >= 15 is 0 Å². The number of unbranched alkanes of at least 4 members (excludes halogenated alkanes) is 2. The number of carbonyl (C=O) groups is 3. The second kappa shape index (κ2) is 9.86. The van der Waals surface area contributed by atoms with E-state index in [9.17, 15) is 29.6 Å². The fourth-order valence-corrected chi connectivity index (χ4v) is 3.72. The number of nitrogens with zero attached hydrogens (tertiary/aromatic N) is 2. The first-order valence-corrected chi connectivity index (χ1v) is 10.1. The molecule has 1 aliphatic rings. The van der Waals surface area contributed by atoms with Gasteiger partial charge in [-0.3, -0.25) is 24.5 Å². The maximum absolute atomic E-state index is 12.9. The first-order valence-electron chi connectivity index (χ1n) is 10.1. The second-order valence-corrected chi connectivity index (χ2v) is 7.41. The number of hydrogen-bond acceptors (Lipinski definition) is 6. The number of amides is 1. The number of nitro benzene ring substituents is 1. The van der Waals surface area contributed by atoms with Crippen molar-refractivity contribution in [1.29, 1.82) is 0 Å². The van der Waals surface area contributed by atoms with E-state index in [2.05, 4.69) is 0 Å². The summed E-state index contributed by atoms with van der Waals surface area (Å²) in [6.45, 7) is 0.223. The van der Waals surface area contributed by atoms with Gasteiger partial charge in [0.15, 0.2) is 0 Å². The van der Waals surface area contributed by atoms with Crippen LogP contribution in [0.5, 0.6) is 0 Å². The number of carbonyl (C=O) groups excluding carboxylic acids is 2. The summed E-state index contributed by atoms with van der Waals surface area (Å²) in [6, 6.07) is 13.1. The van der Waals surface area contributed by atoms with Gasteiger partial charge in [0.1, 0.15) is 5.76 Å². The number of ketones is 1. The van der Waals surface area contributed by atoms with Gasteiger partial charge in [-0.1, -0.05) is 36.8 Å². The van der Waals surface area contributed by atoms with E-state index in [0.29, 0.717) is 24.8 Å². The monoisotopic (exact) mass is 438 g/mol. The van der Waals surface area contributed by atoms with E-state index in [-0.39, 0.29) is 29.8 Å². The number of benzene rings is 2. The van der Waals surface area contributed by atoms with Gasteiger partial charge in [0.2, 0.25) is 0 Å². The summed E-state index contributed by atoms with van der Waals surface area (Å²) in [5, 5.41) is 30.6. The summed E-state index contributed by atoms with van der Waals surface area (Å²) in [4.78, 5) is 48.1. The lowest BCUT2D eigenvalue weighted by Crippen LogP contribution is -2.30. The molecular formula is C23H22N2O7. The first-order chi connectivity index (χ1) is 15.3. The van der Waals surface area contributed by atoms with Crippen LogP contribution in [0, 0.1) is 10.1 Å². The molecular weight excluding hydrogens is 416 g/mol. The molecule has 1 heterocycles. The molecule has 1 amide bonds. The van der Waals surface area contributed by atoms with Gasteiger partial charge in [0.05, 0.1) is 16.5 Å². The van der Waals surface area contributed by atoms with Crippen molar-refractivity contribution in [1.82, 2.24) is 4.90 Å². The standard InChI is InChI=1S/C23H22N2O7/c26-18(27)9-5-2-6-14-24-20(15-7-3-1-4-8-15)19(22(29)23(24)30)21(28)16-10-12-17(13-11-16)25(31)32/h1,3-4,7-8,10-13,20,28H,2,5-6,9,14H2,(H,26,27)/b21-19+/t20-/m1/s1. The SMILES string of the molecule is O=C(O)CCCCCN1C(=O)C(=O)/C(=C(/O)c2ccc([N+](=O)[O-])cc2)[C@H]1c1ccccc1. The minimum Gasteiger partial charge on any atom is -0.507 e. The van der Waals surface area contributed by atoms with Crippen molar-refractivity contribution in [2.45, 2.75) is 31.7 Å². The highest BCUT2D eigenvalue weighted by Gasteiger charge is 2.45. The summed E-state index contributed by atoms with van der Waals surface area (Å²) < 4.78 is 0. The van der Waals surface area contributed by atoms with Crippen molar-refractivity contribution >= 4 is 29.1 Å². The number of carboxylic acid groups (broad SMARTS) is 1. The predicted octanol–water partition coefficient (Wildman–Crippen LogP) is 3.66. The van der Waals surface area contributed by atoms with E-state index in [1.807, 2.05) is 0 Å². The van der Waals surface area contributed by atoms with Crippen LogP contribution in [0.2, 0.25) is 0 Å². The summed E-state index contributed by atoms with van der Waals surface area (Å²) in [6.07, 6.45) is 1.56. The highest BCUT2D eigenvalue weighted by molar-refractivity contribution is 6.46. The largest absolute Gasteiger partial charge is 0.507 e. The molecule has 9 heteroatoms. The van der Waals surface area contributed by atoms with Crippen molar-refractivity contribution in [3.05, 3.63) is 81.4 Å². The Morgan fingerprint density at radius 3 is 2.22 bits per heavy atom. The van der Waals surface area contributed by atoms with Crippen LogP contribution in [-0.2, 0) is 14.4 Å². The zero-order valence-corrected chi connectivity index (χ0v) is 17.1. The van der Waals surface area contributed by atoms with Gasteiger partial charge in [0.25, 0.3) is 17.4 Å². The van der Waals surface area contributed by atoms with Crippen LogP contribution in [-0.4, -0.2) is 44.2 Å². The third kappa shape index (κ3) is 4.83. The number of carboxylic acids is 1. The lowest BCUT2D eigenvalue weighted by molar-refractivity contribution is -0.384. The first kappa shape index (κ1) is 22.7. The van der Waals surface area contributed by atoms with Crippen molar-refractivity contribution in [3.8, 4) is 0 Å². The minimum absolute atomic E-state index is 0.0288. The molecule has 1 aliphatic heterocycles. The molecule has 9 nitrogen and oxygen atoms in total. The van der Waals surface area contributed by atoms with Crippen molar-refractivity contribution in [3.63, 3.8) is 0 Å². The number of non-ortho nitro benzene ring substituents is 1. The van der Waals surface area contributed by atoms with E-state index in [1.165, 1.54) is 29.2 Å². The number of likely N-dealkylation sites (tertiary alicyclic amines) is 1. The average molecular weight is 438 g/mol. The topological polar surface area (TPSA) is 138 Å². The Morgan fingerprint density at radius 1 is 0.969 bits per heavy atom. The van der Waals surface area contributed by atoms with Crippen LogP contribution < -0.4 is 0 Å². The maximum Gasteiger partial charge on any atom is 0.303 e. The zero-order chi connectivity index (χ0) is 23.3. The third-order valence-electron chi connectivity index (χ3n) is 5.30. The molecule has 1 saturated heterocycles. The average Bonchev–Trinajstić information content (AvgIpc) is 3.03. The summed E-state index contributed by atoms with van der Waals surface area (Å²) >= 11 is 0. The van der Waals surface area contributed by atoms with Crippen LogP contribution in [0.3, 0.4) is 0 Å². The molecule has 2 aromatic carbocycles. The molecule has 0 saturated carbocycles. The number of aliphatic hydroxyl groups is 1. The molecule has 0 aromatic heterocycles. The van der Waals surface area contributed by atoms with E-state index in [0.717, 1.165) is 0 Å². The molecule has 166 valence electrons. The lowest BCUT2D eigenvalue weighted by Gasteiger charge is -2.25. The van der Waals surface area contributed by atoms with Crippen molar-refractivity contribution in [2.24, 2.45) is 0 Å². The lowest BCUT2D eigenvalue weighted by atomic mass is 9.95. The van der Waals surface area contributed by atoms with E-state index in [1.54, 1.807) is 30.3 Å². The molecule has 0 unspecified atom stereocenters. The Bertz CT molecular complexity index is 1060. The molecule has 0 radical (unpaired) electrons. The Kier molecular flexibility index (Phi) is 6.99. The Labute approximate surface area is 183 Å². The van der Waals surface area contributed by atoms with Crippen LogP contribution >= 0.6 is 0 Å². The van der Waals surface area contributed by atoms with Gasteiger partial charge < -0.3 is 15.1 Å². The van der Waals surface area contributed by atoms with E-state index in [4.69, 9.17) is 5.11 Å². The smallest absolute Gasteiger partial charge is 0.303 e. The molecule has 1 fully saturated rings. The molecule has 0 spiro atoms.